The zero-order chi connectivity index (χ0) is 20.7. The third-order valence-electron chi connectivity index (χ3n) is 6.59. The van der Waals surface area contributed by atoms with Crippen molar-refractivity contribution in [2.45, 2.75) is 51.1 Å². The average molecular weight is 402 g/mol. The zero-order valence-electron chi connectivity index (χ0n) is 17.5. The van der Waals surface area contributed by atoms with Gasteiger partial charge in [0.15, 0.2) is 0 Å². The SMILES string of the molecule is CCc1ccc(C2c3c(-c4ccc(OC)cc4)n[nH]c3C(=O)N2C2CCCC2)cc1. The summed E-state index contributed by atoms with van der Waals surface area (Å²) in [5.41, 5.74) is 5.94. The zero-order valence-corrected chi connectivity index (χ0v) is 17.5. The van der Waals surface area contributed by atoms with Gasteiger partial charge in [-0.25, -0.2) is 0 Å². The molecule has 5 rings (SSSR count). The maximum Gasteiger partial charge on any atom is 0.273 e. The number of ether oxygens (including phenoxy) is 1. The Morgan fingerprint density at radius 1 is 1.07 bits per heavy atom. The highest BCUT2D eigenvalue weighted by molar-refractivity contribution is 6.00. The Bertz CT molecular complexity index is 1050. The van der Waals surface area contributed by atoms with E-state index >= 15 is 0 Å². The average Bonchev–Trinajstić information content (AvgIpc) is 3.52. The van der Waals surface area contributed by atoms with Crippen LogP contribution in [-0.4, -0.2) is 34.2 Å². The van der Waals surface area contributed by atoms with Crippen molar-refractivity contribution in [2.24, 2.45) is 0 Å². The summed E-state index contributed by atoms with van der Waals surface area (Å²) in [7, 11) is 1.66. The fraction of sp³-hybridized carbons (Fsp3) is 0.360. The number of aromatic nitrogens is 2. The highest BCUT2D eigenvalue weighted by Gasteiger charge is 2.45. The second kappa shape index (κ2) is 7.63. The number of carbonyl (C=O) groups is 1. The summed E-state index contributed by atoms with van der Waals surface area (Å²) in [5, 5.41) is 7.64. The van der Waals surface area contributed by atoms with Gasteiger partial charge in [0.25, 0.3) is 5.91 Å². The van der Waals surface area contributed by atoms with Gasteiger partial charge in [0.1, 0.15) is 11.4 Å². The number of carbonyl (C=O) groups excluding carboxylic acids is 1. The van der Waals surface area contributed by atoms with Crippen molar-refractivity contribution in [3.05, 3.63) is 70.9 Å². The van der Waals surface area contributed by atoms with Crippen molar-refractivity contribution in [2.75, 3.05) is 7.11 Å². The van der Waals surface area contributed by atoms with Gasteiger partial charge in [0.2, 0.25) is 0 Å². The molecule has 1 aliphatic heterocycles. The number of rotatable bonds is 5. The third-order valence-corrected chi connectivity index (χ3v) is 6.59. The van der Waals surface area contributed by atoms with E-state index in [-0.39, 0.29) is 18.0 Å². The van der Waals surface area contributed by atoms with Gasteiger partial charge < -0.3 is 9.64 Å². The monoisotopic (exact) mass is 401 g/mol. The van der Waals surface area contributed by atoms with Gasteiger partial charge >= 0.3 is 0 Å². The van der Waals surface area contributed by atoms with E-state index in [0.717, 1.165) is 47.4 Å². The molecule has 0 bridgehead atoms. The van der Waals surface area contributed by atoms with Crippen molar-refractivity contribution < 1.29 is 9.53 Å². The lowest BCUT2D eigenvalue weighted by Crippen LogP contribution is -2.37. The maximum atomic E-state index is 13.5. The number of aromatic amines is 1. The van der Waals surface area contributed by atoms with Crippen molar-refractivity contribution in [3.63, 3.8) is 0 Å². The van der Waals surface area contributed by atoms with Crippen molar-refractivity contribution >= 4 is 5.91 Å². The standard InChI is InChI=1S/C25H27N3O2/c1-3-16-8-10-18(11-9-16)24-21-22(17-12-14-20(30-2)15-13-17)26-27-23(21)25(29)28(24)19-6-4-5-7-19/h8-15,19,24H,3-7H2,1-2H3,(H,26,27). The minimum absolute atomic E-state index is 0.0775. The van der Waals surface area contributed by atoms with Crippen LogP contribution in [0.4, 0.5) is 0 Å². The van der Waals surface area contributed by atoms with Gasteiger partial charge in [0.05, 0.1) is 18.8 Å². The predicted octanol–water partition coefficient (Wildman–Crippen LogP) is 5.14. The Morgan fingerprint density at radius 2 is 1.77 bits per heavy atom. The van der Waals surface area contributed by atoms with E-state index in [1.165, 1.54) is 18.4 Å². The Hall–Kier alpha value is -3.08. The second-order valence-corrected chi connectivity index (χ2v) is 8.24. The minimum Gasteiger partial charge on any atom is -0.497 e. The number of amides is 1. The number of nitrogens with one attached hydrogen (secondary N) is 1. The number of hydrogen-bond donors (Lipinski definition) is 1. The molecule has 0 spiro atoms. The summed E-state index contributed by atoms with van der Waals surface area (Å²) in [6.07, 6.45) is 5.53. The predicted molar refractivity (Wildman–Crippen MR) is 117 cm³/mol. The Morgan fingerprint density at radius 3 is 2.40 bits per heavy atom. The largest absolute Gasteiger partial charge is 0.497 e. The normalized spacial score (nSPS) is 18.8. The summed E-state index contributed by atoms with van der Waals surface area (Å²) in [4.78, 5) is 15.6. The fourth-order valence-electron chi connectivity index (χ4n) is 4.96. The van der Waals surface area contributed by atoms with E-state index < -0.39 is 0 Å². The van der Waals surface area contributed by atoms with Gasteiger partial charge in [-0.2, -0.15) is 5.10 Å². The molecule has 5 heteroatoms. The summed E-state index contributed by atoms with van der Waals surface area (Å²) >= 11 is 0. The second-order valence-electron chi connectivity index (χ2n) is 8.24. The Kier molecular flexibility index (Phi) is 4.81. The van der Waals surface area contributed by atoms with Gasteiger partial charge in [-0.3, -0.25) is 9.89 Å². The van der Waals surface area contributed by atoms with Crippen LogP contribution in [0.2, 0.25) is 0 Å². The van der Waals surface area contributed by atoms with E-state index in [9.17, 15) is 4.79 Å². The molecule has 1 aliphatic carbocycles. The lowest BCUT2D eigenvalue weighted by molar-refractivity contribution is 0.0660. The van der Waals surface area contributed by atoms with Gasteiger partial charge in [-0.1, -0.05) is 44.0 Å². The van der Waals surface area contributed by atoms with E-state index in [0.29, 0.717) is 5.69 Å². The summed E-state index contributed by atoms with van der Waals surface area (Å²) in [5.74, 6) is 0.884. The quantitative estimate of drug-likeness (QED) is 0.644. The number of benzene rings is 2. The van der Waals surface area contributed by atoms with Crippen molar-refractivity contribution in [3.8, 4) is 17.0 Å². The van der Waals surface area contributed by atoms with Gasteiger partial charge in [-0.15, -0.1) is 0 Å². The molecule has 2 aromatic carbocycles. The molecule has 1 aromatic heterocycles. The van der Waals surface area contributed by atoms with Crippen molar-refractivity contribution in [1.29, 1.82) is 0 Å². The van der Waals surface area contributed by atoms with Crippen LogP contribution in [0.3, 0.4) is 0 Å². The van der Waals surface area contributed by atoms with Crippen LogP contribution in [0.25, 0.3) is 11.3 Å². The van der Waals surface area contributed by atoms with Crippen LogP contribution in [-0.2, 0) is 6.42 Å². The number of H-pyrrole nitrogens is 1. The molecule has 154 valence electrons. The summed E-state index contributed by atoms with van der Waals surface area (Å²) in [6, 6.07) is 16.8. The minimum atomic E-state index is -0.0997. The molecule has 1 fully saturated rings. The molecule has 2 heterocycles. The lowest BCUT2D eigenvalue weighted by atomic mass is 9.94. The molecule has 3 aromatic rings. The van der Waals surface area contributed by atoms with E-state index in [4.69, 9.17) is 4.74 Å². The molecule has 1 unspecified atom stereocenters. The van der Waals surface area contributed by atoms with Gasteiger partial charge in [-0.05, 0) is 54.7 Å². The van der Waals surface area contributed by atoms with Crippen LogP contribution in [0.1, 0.15) is 65.8 Å². The van der Waals surface area contributed by atoms with E-state index in [2.05, 4.69) is 46.3 Å². The Labute approximate surface area is 177 Å². The molecule has 0 radical (unpaired) electrons. The first-order chi connectivity index (χ1) is 14.7. The molecule has 5 nitrogen and oxygen atoms in total. The molecule has 30 heavy (non-hydrogen) atoms. The highest BCUT2D eigenvalue weighted by Crippen LogP contribution is 2.46. The third kappa shape index (κ3) is 3.00. The fourth-order valence-corrected chi connectivity index (χ4v) is 4.96. The number of aryl methyl sites for hydroxylation is 1. The number of hydrogen-bond acceptors (Lipinski definition) is 3. The maximum absolute atomic E-state index is 13.5. The summed E-state index contributed by atoms with van der Waals surface area (Å²) < 4.78 is 5.30. The molecule has 1 saturated carbocycles. The van der Waals surface area contributed by atoms with E-state index in [1.54, 1.807) is 7.11 Å². The molecule has 1 atom stereocenters. The first-order valence-electron chi connectivity index (χ1n) is 10.9. The molecule has 0 saturated heterocycles. The van der Waals surface area contributed by atoms with Crippen molar-refractivity contribution in [1.82, 2.24) is 15.1 Å². The van der Waals surface area contributed by atoms with Crippen LogP contribution in [0, 0.1) is 0 Å². The molecular weight excluding hydrogens is 374 g/mol. The molecule has 1 amide bonds. The van der Waals surface area contributed by atoms with E-state index in [1.807, 2.05) is 24.3 Å². The molecule has 1 N–H and O–H groups in total. The smallest absolute Gasteiger partial charge is 0.273 e. The number of nitrogens with zero attached hydrogens (tertiary/aromatic N) is 2. The first kappa shape index (κ1) is 18.9. The highest BCUT2D eigenvalue weighted by atomic mass is 16.5. The van der Waals surface area contributed by atoms with Gasteiger partial charge in [0, 0.05) is 17.2 Å². The number of fused-ring (bicyclic) bond motifs is 1. The summed E-state index contributed by atoms with van der Waals surface area (Å²) in [6.45, 7) is 2.16. The van der Waals surface area contributed by atoms with Crippen LogP contribution in [0.15, 0.2) is 48.5 Å². The van der Waals surface area contributed by atoms with Crippen LogP contribution in [0.5, 0.6) is 5.75 Å². The van der Waals surface area contributed by atoms with Crippen LogP contribution >= 0.6 is 0 Å². The topological polar surface area (TPSA) is 58.2 Å². The molecule has 2 aliphatic rings. The molecular formula is C25H27N3O2. The van der Waals surface area contributed by atoms with Crippen LogP contribution < -0.4 is 4.74 Å². The lowest BCUT2D eigenvalue weighted by Gasteiger charge is -2.32. The number of methoxy groups -OCH3 is 1. The first-order valence-corrected chi connectivity index (χ1v) is 10.9. The Balaban J connectivity index is 1.63.